The van der Waals surface area contributed by atoms with E-state index in [2.05, 4.69) is 38.6 Å². The molecule has 0 fully saturated rings. The highest BCUT2D eigenvalue weighted by Crippen LogP contribution is 2.33. The minimum Gasteiger partial charge on any atom is -0.359 e. The first kappa shape index (κ1) is 23.9. The van der Waals surface area contributed by atoms with Crippen molar-refractivity contribution in [3.63, 3.8) is 0 Å². The monoisotopic (exact) mass is 490 g/mol. The van der Waals surface area contributed by atoms with Gasteiger partial charge in [0.25, 0.3) is 0 Å². The summed E-state index contributed by atoms with van der Waals surface area (Å²) in [5.41, 5.74) is 8.86. The third-order valence-corrected chi connectivity index (χ3v) is 6.22. The van der Waals surface area contributed by atoms with Gasteiger partial charge in [0, 0.05) is 23.0 Å². The van der Waals surface area contributed by atoms with Crippen LogP contribution < -0.4 is 5.32 Å². The summed E-state index contributed by atoms with van der Waals surface area (Å²) >= 11 is 0. The second-order valence-corrected chi connectivity index (χ2v) is 8.61. The van der Waals surface area contributed by atoms with Crippen LogP contribution in [0.2, 0.25) is 0 Å². The molecule has 0 unspecified atom stereocenters. The lowest BCUT2D eigenvalue weighted by Crippen LogP contribution is -2.09. The molecule has 4 heterocycles. The van der Waals surface area contributed by atoms with E-state index in [1.165, 1.54) is 12.1 Å². The summed E-state index contributed by atoms with van der Waals surface area (Å²) in [6.07, 6.45) is 8.30. The Hall–Kier alpha value is -4.78. The predicted octanol–water partition coefficient (Wildman–Crippen LogP) is 7.29. The van der Waals surface area contributed by atoms with Gasteiger partial charge in [-0.05, 0) is 78.6 Å². The third kappa shape index (κ3) is 4.71. The molecule has 5 rings (SSSR count). The minimum absolute atomic E-state index is 0.282. The maximum absolute atomic E-state index is 13.9. The molecule has 7 heteroatoms. The van der Waals surface area contributed by atoms with Crippen LogP contribution in [0.5, 0.6) is 0 Å². The molecular formula is C30H27FN6. The number of hydrogen-bond donors (Lipinski definition) is 3. The van der Waals surface area contributed by atoms with E-state index >= 15 is 0 Å². The van der Waals surface area contributed by atoms with Gasteiger partial charge < -0.3 is 10.3 Å². The van der Waals surface area contributed by atoms with E-state index in [0.29, 0.717) is 11.3 Å². The van der Waals surface area contributed by atoms with Gasteiger partial charge in [-0.3, -0.25) is 5.10 Å². The first-order chi connectivity index (χ1) is 18.0. The summed E-state index contributed by atoms with van der Waals surface area (Å²) in [5.74, 6) is -0.282. The van der Waals surface area contributed by atoms with Gasteiger partial charge in [0.15, 0.2) is 0 Å². The van der Waals surface area contributed by atoms with Gasteiger partial charge in [0.2, 0.25) is 0 Å². The molecule has 0 saturated heterocycles. The Morgan fingerprint density at radius 3 is 2.78 bits per heavy atom. The van der Waals surface area contributed by atoms with Crippen molar-refractivity contribution in [2.24, 2.45) is 0 Å². The van der Waals surface area contributed by atoms with E-state index in [0.717, 1.165) is 62.3 Å². The molecule has 0 radical (unpaired) electrons. The van der Waals surface area contributed by atoms with Crippen molar-refractivity contribution in [1.29, 1.82) is 0 Å². The lowest BCUT2D eigenvalue weighted by Gasteiger charge is -2.10. The van der Waals surface area contributed by atoms with Crippen molar-refractivity contribution in [3.8, 4) is 22.5 Å². The largest absolute Gasteiger partial charge is 0.359 e. The SMILES string of the molecule is C=C/C(=C\C(=C/C)c1ccc2[nH]nc(-c3cc4c(-c5cccc(F)c5)ccnc4[nH]3)c2n1)NC(=C)CC. The van der Waals surface area contributed by atoms with Crippen molar-refractivity contribution >= 4 is 27.6 Å². The number of rotatable bonds is 8. The van der Waals surface area contributed by atoms with Crippen LogP contribution in [0.15, 0.2) is 97.5 Å². The van der Waals surface area contributed by atoms with E-state index in [1.807, 2.05) is 56.3 Å². The standard InChI is InChI=1S/C30H27FN6/c1-5-18(4)33-22(7-3)16-19(6-2)25-11-12-26-28(34-25)29(37-36-26)27-17-24-23(13-14-32-30(24)35-27)20-9-8-10-21(31)15-20/h6-17,33H,3-5H2,1-2H3,(H,32,35)(H,36,37)/b19-6+,22-16+. The molecular weight excluding hydrogens is 463 g/mol. The molecule has 3 N–H and O–H groups in total. The number of benzene rings is 1. The Kier molecular flexibility index (Phi) is 6.51. The number of aromatic amines is 2. The van der Waals surface area contributed by atoms with E-state index < -0.39 is 0 Å². The molecule has 0 amide bonds. The van der Waals surface area contributed by atoms with Crippen molar-refractivity contribution in [2.75, 3.05) is 0 Å². The van der Waals surface area contributed by atoms with Crippen LogP contribution in [0.4, 0.5) is 4.39 Å². The summed E-state index contributed by atoms with van der Waals surface area (Å²) in [4.78, 5) is 12.8. The Bertz CT molecular complexity index is 1700. The number of H-pyrrole nitrogens is 2. The van der Waals surface area contributed by atoms with Gasteiger partial charge in [-0.1, -0.05) is 38.3 Å². The maximum atomic E-state index is 13.9. The van der Waals surface area contributed by atoms with Crippen LogP contribution in [0.25, 0.3) is 50.2 Å². The molecule has 184 valence electrons. The van der Waals surface area contributed by atoms with Crippen molar-refractivity contribution in [2.45, 2.75) is 20.3 Å². The van der Waals surface area contributed by atoms with Crippen LogP contribution in [-0.2, 0) is 0 Å². The number of nitrogens with one attached hydrogen (secondary N) is 3. The first-order valence-electron chi connectivity index (χ1n) is 12.1. The van der Waals surface area contributed by atoms with Gasteiger partial charge >= 0.3 is 0 Å². The highest BCUT2D eigenvalue weighted by Gasteiger charge is 2.16. The predicted molar refractivity (Wildman–Crippen MR) is 149 cm³/mol. The number of nitrogens with zero attached hydrogens (tertiary/aromatic N) is 3. The molecule has 4 aromatic heterocycles. The normalized spacial score (nSPS) is 12.3. The molecule has 0 aliphatic rings. The Morgan fingerprint density at radius 2 is 2.03 bits per heavy atom. The molecule has 0 saturated carbocycles. The van der Waals surface area contributed by atoms with Crippen molar-refractivity contribution in [1.82, 2.24) is 30.5 Å². The van der Waals surface area contributed by atoms with Crippen molar-refractivity contribution < 1.29 is 4.39 Å². The minimum atomic E-state index is -0.282. The van der Waals surface area contributed by atoms with Crippen LogP contribution in [0, 0.1) is 5.82 Å². The fourth-order valence-electron chi connectivity index (χ4n) is 4.22. The quantitative estimate of drug-likeness (QED) is 0.199. The highest BCUT2D eigenvalue weighted by atomic mass is 19.1. The lowest BCUT2D eigenvalue weighted by molar-refractivity contribution is 0.628. The summed E-state index contributed by atoms with van der Waals surface area (Å²) in [6.45, 7) is 12.0. The zero-order valence-corrected chi connectivity index (χ0v) is 20.8. The maximum Gasteiger partial charge on any atom is 0.138 e. The van der Waals surface area contributed by atoms with Crippen LogP contribution >= 0.6 is 0 Å². The fraction of sp³-hybridized carbons (Fsp3) is 0.100. The summed E-state index contributed by atoms with van der Waals surface area (Å²) in [7, 11) is 0. The zero-order valence-electron chi connectivity index (χ0n) is 20.8. The smallest absolute Gasteiger partial charge is 0.138 e. The Labute approximate surface area is 214 Å². The van der Waals surface area contributed by atoms with Gasteiger partial charge in [-0.15, -0.1) is 0 Å². The number of hydrogen-bond acceptors (Lipinski definition) is 4. The molecule has 6 nitrogen and oxygen atoms in total. The van der Waals surface area contributed by atoms with Gasteiger partial charge in [0.1, 0.15) is 22.7 Å². The first-order valence-corrected chi connectivity index (χ1v) is 12.1. The average Bonchev–Trinajstić information content (AvgIpc) is 3.54. The van der Waals surface area contributed by atoms with E-state index in [9.17, 15) is 4.39 Å². The fourth-order valence-corrected chi connectivity index (χ4v) is 4.22. The summed E-state index contributed by atoms with van der Waals surface area (Å²) < 4.78 is 13.9. The Balaban J connectivity index is 1.58. The van der Waals surface area contributed by atoms with E-state index in [4.69, 9.17) is 4.98 Å². The van der Waals surface area contributed by atoms with Gasteiger partial charge in [-0.25, -0.2) is 14.4 Å². The van der Waals surface area contributed by atoms with Crippen LogP contribution in [-0.4, -0.2) is 25.1 Å². The number of aromatic nitrogens is 5. The lowest BCUT2D eigenvalue weighted by atomic mass is 10.0. The zero-order chi connectivity index (χ0) is 25.9. The summed E-state index contributed by atoms with van der Waals surface area (Å²) in [6, 6.07) is 14.3. The molecule has 0 atom stereocenters. The third-order valence-electron chi connectivity index (χ3n) is 6.22. The second-order valence-electron chi connectivity index (χ2n) is 8.61. The van der Waals surface area contributed by atoms with Crippen LogP contribution in [0.1, 0.15) is 26.0 Å². The van der Waals surface area contributed by atoms with Crippen LogP contribution in [0.3, 0.4) is 0 Å². The molecule has 0 aliphatic carbocycles. The molecule has 1 aromatic carbocycles. The van der Waals surface area contributed by atoms with Gasteiger partial charge in [-0.2, -0.15) is 5.10 Å². The Morgan fingerprint density at radius 1 is 1.16 bits per heavy atom. The topological polar surface area (TPSA) is 82.3 Å². The highest BCUT2D eigenvalue weighted by molar-refractivity contribution is 5.99. The molecule has 0 bridgehead atoms. The second kappa shape index (κ2) is 10.1. The number of pyridine rings is 2. The molecule has 5 aromatic rings. The van der Waals surface area contributed by atoms with E-state index in [1.54, 1.807) is 18.3 Å². The number of allylic oxidation sites excluding steroid dienone is 5. The number of halogens is 1. The molecule has 37 heavy (non-hydrogen) atoms. The molecule has 0 spiro atoms. The summed E-state index contributed by atoms with van der Waals surface area (Å²) in [5, 5.41) is 11.8. The molecule has 0 aliphatic heterocycles. The number of fused-ring (bicyclic) bond motifs is 2. The van der Waals surface area contributed by atoms with Crippen molar-refractivity contribution in [3.05, 3.63) is 109 Å². The average molecular weight is 491 g/mol. The van der Waals surface area contributed by atoms with E-state index in [-0.39, 0.29) is 5.82 Å². The van der Waals surface area contributed by atoms with Gasteiger partial charge in [0.05, 0.1) is 16.9 Å².